The van der Waals surface area contributed by atoms with Crippen LogP contribution in [0.15, 0.2) is 23.1 Å². The molecule has 1 aromatic rings. The molecule has 8 heteroatoms. The fourth-order valence-electron chi connectivity index (χ4n) is 2.31. The van der Waals surface area contributed by atoms with Crippen LogP contribution in [0, 0.1) is 11.8 Å². The molecule has 21 heavy (non-hydrogen) atoms. The van der Waals surface area contributed by atoms with Gasteiger partial charge in [-0.05, 0) is 25.3 Å². The molecule has 2 N–H and O–H groups in total. The van der Waals surface area contributed by atoms with E-state index in [-0.39, 0.29) is 29.1 Å². The number of nitrogens with one attached hydrogen (secondary N) is 2. The second kappa shape index (κ2) is 5.98. The molecule has 0 aliphatic heterocycles. The van der Waals surface area contributed by atoms with Crippen molar-refractivity contribution in [2.45, 2.75) is 19.4 Å². The smallest absolute Gasteiger partial charge is 0.308 e. The Bertz CT molecular complexity index is 682. The first-order valence-electron chi connectivity index (χ1n) is 6.59. The van der Waals surface area contributed by atoms with Crippen molar-refractivity contribution in [2.75, 3.05) is 12.9 Å². The van der Waals surface area contributed by atoms with Crippen LogP contribution in [-0.2, 0) is 19.6 Å². The van der Waals surface area contributed by atoms with E-state index in [4.69, 9.17) is 0 Å². The van der Waals surface area contributed by atoms with E-state index >= 15 is 0 Å². The molecule has 1 aromatic heterocycles. The van der Waals surface area contributed by atoms with Gasteiger partial charge in [-0.1, -0.05) is 6.07 Å². The second-order valence-electron chi connectivity index (χ2n) is 5.20. The first-order valence-corrected chi connectivity index (χ1v) is 8.24. The number of aromatic nitrogens is 1. The molecule has 0 bridgehead atoms. The number of pyridine rings is 1. The fraction of sp³-hybridized carbons (Fsp3) is 0.538. The summed E-state index contributed by atoms with van der Waals surface area (Å²) in [6, 6.07) is 2.58. The van der Waals surface area contributed by atoms with Gasteiger partial charge in [-0.25, -0.2) is 13.1 Å². The van der Waals surface area contributed by atoms with E-state index in [1.54, 1.807) is 19.1 Å². The predicted octanol–water partition coefficient (Wildman–Crippen LogP) is 0.164. The molecule has 0 spiro atoms. The Hall–Kier alpha value is -1.67. The molecule has 1 heterocycles. The van der Waals surface area contributed by atoms with Crippen molar-refractivity contribution in [1.82, 2.24) is 9.71 Å². The third-order valence-corrected chi connectivity index (χ3v) is 5.11. The lowest BCUT2D eigenvalue weighted by atomic mass is 10.1. The highest BCUT2D eigenvalue weighted by atomic mass is 32.2. The molecule has 1 saturated carbocycles. The molecule has 1 aliphatic carbocycles. The zero-order chi connectivity index (χ0) is 15.6. The van der Waals surface area contributed by atoms with Crippen molar-refractivity contribution in [2.24, 2.45) is 11.8 Å². The molecule has 1 aliphatic rings. The Labute approximate surface area is 122 Å². The summed E-state index contributed by atoms with van der Waals surface area (Å²) >= 11 is 0. The lowest BCUT2D eigenvalue weighted by Gasteiger charge is -2.13. The van der Waals surface area contributed by atoms with Gasteiger partial charge in [-0.2, -0.15) is 0 Å². The summed E-state index contributed by atoms with van der Waals surface area (Å²) in [7, 11) is -2.28. The molecular formula is C13H18N2O5S. The average molecular weight is 314 g/mol. The Kier molecular flexibility index (Phi) is 4.48. The lowest BCUT2D eigenvalue weighted by Crippen LogP contribution is -2.33. The van der Waals surface area contributed by atoms with E-state index in [2.05, 4.69) is 14.4 Å². The van der Waals surface area contributed by atoms with Crippen LogP contribution in [0.3, 0.4) is 0 Å². The van der Waals surface area contributed by atoms with E-state index in [1.165, 1.54) is 13.3 Å². The van der Waals surface area contributed by atoms with Crippen molar-refractivity contribution in [3.8, 4) is 0 Å². The zero-order valence-electron chi connectivity index (χ0n) is 11.8. The number of esters is 1. The number of ether oxygens (including phenoxy) is 1. The summed E-state index contributed by atoms with van der Waals surface area (Å²) in [4.78, 5) is 25.4. The highest BCUT2D eigenvalue weighted by Crippen LogP contribution is 2.40. The molecule has 1 fully saturated rings. The number of hydrogen-bond acceptors (Lipinski definition) is 5. The summed E-state index contributed by atoms with van der Waals surface area (Å²) in [6.45, 7) is 1.60. The van der Waals surface area contributed by atoms with Crippen LogP contribution in [0.4, 0.5) is 0 Å². The van der Waals surface area contributed by atoms with Crippen LogP contribution in [-0.4, -0.2) is 32.2 Å². The molecule has 1 unspecified atom stereocenters. The van der Waals surface area contributed by atoms with Crippen LogP contribution >= 0.6 is 0 Å². The van der Waals surface area contributed by atoms with Crippen molar-refractivity contribution in [3.05, 3.63) is 34.2 Å². The predicted molar refractivity (Wildman–Crippen MR) is 76.0 cm³/mol. The number of H-pyrrole nitrogens is 1. The van der Waals surface area contributed by atoms with Gasteiger partial charge in [0, 0.05) is 17.8 Å². The Morgan fingerprint density at radius 3 is 2.90 bits per heavy atom. The minimum Gasteiger partial charge on any atom is -0.469 e. The minimum absolute atomic E-state index is 0.137. The number of aromatic amines is 1. The highest BCUT2D eigenvalue weighted by molar-refractivity contribution is 7.89. The van der Waals surface area contributed by atoms with Crippen molar-refractivity contribution < 1.29 is 17.9 Å². The molecule has 3 atom stereocenters. The van der Waals surface area contributed by atoms with Gasteiger partial charge < -0.3 is 9.72 Å². The molecule has 7 nitrogen and oxygen atoms in total. The standard InChI is InChI=1S/C13H18N2O5S/c1-8(10-4-3-5-14-12(10)16)15-21(18,19)7-9-6-11(9)13(17)20-2/h3-5,8-9,11,15H,6-7H2,1-2H3,(H,14,16)/t8?,9-,11+/m0/s1. The number of carbonyl (C=O) groups excluding carboxylic acids is 1. The SMILES string of the molecule is COC(=O)[C@@H]1C[C@H]1CS(=O)(=O)NC(C)c1ccc[nH]c1=O. The summed E-state index contributed by atoms with van der Waals surface area (Å²) in [5, 5.41) is 0. The maximum atomic E-state index is 12.1. The molecule has 2 rings (SSSR count). The topological polar surface area (TPSA) is 105 Å². The summed E-state index contributed by atoms with van der Waals surface area (Å²) in [5.41, 5.74) is 0.0212. The van der Waals surface area contributed by atoms with E-state index in [1.807, 2.05) is 0 Å². The average Bonchev–Trinajstić information content (AvgIpc) is 3.15. The van der Waals surface area contributed by atoms with Crippen LogP contribution in [0.2, 0.25) is 0 Å². The lowest BCUT2D eigenvalue weighted by molar-refractivity contribution is -0.142. The monoisotopic (exact) mass is 314 g/mol. The first-order chi connectivity index (χ1) is 9.84. The van der Waals surface area contributed by atoms with Gasteiger partial charge >= 0.3 is 5.97 Å². The summed E-state index contributed by atoms with van der Waals surface area (Å²) in [6.07, 6.45) is 2.01. The Morgan fingerprint density at radius 1 is 1.57 bits per heavy atom. The molecule has 0 saturated heterocycles. The van der Waals surface area contributed by atoms with Crippen LogP contribution in [0.5, 0.6) is 0 Å². The summed E-state index contributed by atoms with van der Waals surface area (Å²) in [5.74, 6) is -1.05. The molecule has 0 amide bonds. The van der Waals surface area contributed by atoms with Gasteiger partial charge in [-0.3, -0.25) is 9.59 Å². The Morgan fingerprint density at radius 2 is 2.29 bits per heavy atom. The maximum Gasteiger partial charge on any atom is 0.308 e. The van der Waals surface area contributed by atoms with Gasteiger partial charge in [-0.15, -0.1) is 0 Å². The number of carbonyl (C=O) groups is 1. The van der Waals surface area contributed by atoms with Crippen molar-refractivity contribution >= 4 is 16.0 Å². The maximum absolute atomic E-state index is 12.1. The zero-order valence-corrected chi connectivity index (χ0v) is 12.6. The van der Waals surface area contributed by atoms with Gasteiger partial charge in [0.25, 0.3) is 5.56 Å². The van der Waals surface area contributed by atoms with Crippen LogP contribution in [0.25, 0.3) is 0 Å². The van der Waals surface area contributed by atoms with Crippen LogP contribution in [0.1, 0.15) is 24.9 Å². The van der Waals surface area contributed by atoms with Gasteiger partial charge in [0.1, 0.15) is 0 Å². The van der Waals surface area contributed by atoms with Crippen molar-refractivity contribution in [1.29, 1.82) is 0 Å². The van der Waals surface area contributed by atoms with Crippen LogP contribution < -0.4 is 10.3 Å². The molecule has 0 aromatic carbocycles. The Balaban J connectivity index is 1.98. The molecule has 116 valence electrons. The first kappa shape index (κ1) is 15.7. The third kappa shape index (κ3) is 3.92. The number of hydrogen-bond donors (Lipinski definition) is 2. The molecule has 0 radical (unpaired) electrons. The normalized spacial score (nSPS) is 22.6. The minimum atomic E-state index is -3.57. The number of methoxy groups -OCH3 is 1. The quantitative estimate of drug-likeness (QED) is 0.728. The fourth-order valence-corrected chi connectivity index (χ4v) is 4.00. The third-order valence-electron chi connectivity index (χ3n) is 3.53. The van der Waals surface area contributed by atoms with Gasteiger partial charge in [0.05, 0.1) is 18.8 Å². The second-order valence-corrected chi connectivity index (χ2v) is 7.00. The van der Waals surface area contributed by atoms with Gasteiger partial charge in [0.2, 0.25) is 10.0 Å². The number of rotatable bonds is 6. The van der Waals surface area contributed by atoms with E-state index < -0.39 is 16.1 Å². The number of sulfonamides is 1. The summed E-state index contributed by atoms with van der Waals surface area (Å²) < 4.78 is 31.2. The highest BCUT2D eigenvalue weighted by Gasteiger charge is 2.46. The van der Waals surface area contributed by atoms with E-state index in [0.29, 0.717) is 12.0 Å². The van der Waals surface area contributed by atoms with E-state index in [9.17, 15) is 18.0 Å². The van der Waals surface area contributed by atoms with Gasteiger partial charge in [0.15, 0.2) is 0 Å². The van der Waals surface area contributed by atoms with Crippen molar-refractivity contribution in [3.63, 3.8) is 0 Å². The largest absolute Gasteiger partial charge is 0.469 e. The van der Waals surface area contributed by atoms with E-state index in [0.717, 1.165) is 0 Å². The molecular weight excluding hydrogens is 296 g/mol.